The molecule has 0 saturated heterocycles. The molecule has 0 unspecified atom stereocenters. The standard InChI is InChI=1S/C18H14OSSe/c19-21-11-15-16(12-21)18(14-9-5-2-6-10-14)20-17(15)13-7-3-1-4-8-13/h1-10H,11-12H2. The van der Waals surface area contributed by atoms with Gasteiger partial charge in [0.25, 0.3) is 0 Å². The van der Waals surface area contributed by atoms with Crippen LogP contribution in [0.25, 0.3) is 20.9 Å². The van der Waals surface area contributed by atoms with Gasteiger partial charge in [0, 0.05) is 0 Å². The van der Waals surface area contributed by atoms with E-state index >= 15 is 0 Å². The maximum atomic E-state index is 12.1. The molecule has 0 N–H and O–H groups in total. The second-order valence-electron chi connectivity index (χ2n) is 5.18. The van der Waals surface area contributed by atoms with Crippen LogP contribution in [-0.2, 0) is 14.5 Å². The van der Waals surface area contributed by atoms with Crippen molar-refractivity contribution in [2.45, 2.75) is 10.6 Å². The SMILES string of the molecule is O=[Se]1Cc2c(-c3ccccc3)sc(-c3ccccc3)c2C1. The Labute approximate surface area is 132 Å². The second kappa shape index (κ2) is 5.34. The van der Waals surface area contributed by atoms with Gasteiger partial charge < -0.3 is 0 Å². The van der Waals surface area contributed by atoms with Crippen molar-refractivity contribution in [1.29, 1.82) is 0 Å². The van der Waals surface area contributed by atoms with E-state index in [-0.39, 0.29) is 0 Å². The van der Waals surface area contributed by atoms with Crippen LogP contribution in [0.3, 0.4) is 0 Å². The number of hydrogen-bond donors (Lipinski definition) is 0. The fraction of sp³-hybridized carbons (Fsp3) is 0.111. The molecule has 0 amide bonds. The van der Waals surface area contributed by atoms with E-state index in [0.29, 0.717) is 0 Å². The number of fused-ring (bicyclic) bond motifs is 1. The van der Waals surface area contributed by atoms with Crippen LogP contribution in [0.15, 0.2) is 60.7 Å². The van der Waals surface area contributed by atoms with Crippen LogP contribution in [0.4, 0.5) is 0 Å². The van der Waals surface area contributed by atoms with Crippen LogP contribution in [-0.4, -0.2) is 13.8 Å². The summed E-state index contributed by atoms with van der Waals surface area (Å²) in [5.41, 5.74) is 5.18. The molecule has 0 spiro atoms. The molecule has 4 rings (SSSR count). The van der Waals surface area contributed by atoms with Crippen LogP contribution in [0, 0.1) is 0 Å². The van der Waals surface area contributed by atoms with E-state index < -0.39 is 13.8 Å². The van der Waals surface area contributed by atoms with E-state index in [4.69, 9.17) is 0 Å². The first-order valence-electron chi connectivity index (χ1n) is 6.93. The minimum absolute atomic E-state index is 0.795. The third kappa shape index (κ3) is 2.32. The second-order valence-corrected chi connectivity index (χ2v) is 9.26. The summed E-state index contributed by atoms with van der Waals surface area (Å²) in [6.07, 6.45) is 0. The number of thiophene rings is 1. The van der Waals surface area contributed by atoms with Crippen molar-refractivity contribution < 1.29 is 3.83 Å². The van der Waals surface area contributed by atoms with Crippen molar-refractivity contribution in [1.82, 2.24) is 0 Å². The van der Waals surface area contributed by atoms with E-state index in [1.807, 2.05) is 23.5 Å². The first-order valence-corrected chi connectivity index (χ1v) is 10.9. The Hall–Kier alpha value is -1.54. The molecule has 21 heavy (non-hydrogen) atoms. The van der Waals surface area contributed by atoms with Crippen LogP contribution >= 0.6 is 11.3 Å². The van der Waals surface area contributed by atoms with Crippen LogP contribution in [0.1, 0.15) is 11.1 Å². The molecule has 0 radical (unpaired) electrons. The predicted octanol–water partition coefficient (Wildman–Crippen LogP) is 4.68. The van der Waals surface area contributed by atoms with Gasteiger partial charge >= 0.3 is 132 Å². The molecule has 0 atom stereocenters. The molecule has 1 aliphatic heterocycles. The fourth-order valence-corrected chi connectivity index (χ4v) is 7.49. The van der Waals surface area contributed by atoms with Crippen molar-refractivity contribution >= 4 is 25.2 Å². The third-order valence-electron chi connectivity index (χ3n) is 3.80. The molecular formula is C18H14OSSe. The molecule has 0 saturated carbocycles. The van der Waals surface area contributed by atoms with Crippen molar-refractivity contribution in [2.75, 3.05) is 0 Å². The van der Waals surface area contributed by atoms with E-state index in [9.17, 15) is 3.83 Å². The van der Waals surface area contributed by atoms with Crippen LogP contribution in [0.5, 0.6) is 0 Å². The van der Waals surface area contributed by atoms with Gasteiger partial charge in [-0.05, 0) is 0 Å². The Bertz CT molecular complexity index is 740. The molecule has 3 aromatic rings. The molecule has 104 valence electrons. The van der Waals surface area contributed by atoms with Crippen LogP contribution in [0.2, 0.25) is 0 Å². The summed E-state index contributed by atoms with van der Waals surface area (Å²) in [7, 11) is 0. The number of benzene rings is 2. The van der Waals surface area contributed by atoms with Gasteiger partial charge in [-0.25, -0.2) is 0 Å². The predicted molar refractivity (Wildman–Crippen MR) is 89.0 cm³/mol. The normalized spacial score (nSPS) is 14.3. The molecule has 1 aromatic heterocycles. The minimum atomic E-state index is -1.70. The van der Waals surface area contributed by atoms with Gasteiger partial charge in [-0.15, -0.1) is 0 Å². The number of rotatable bonds is 2. The van der Waals surface area contributed by atoms with Gasteiger partial charge in [0.15, 0.2) is 0 Å². The summed E-state index contributed by atoms with van der Waals surface area (Å²) in [6.45, 7) is 0. The van der Waals surface area contributed by atoms with Gasteiger partial charge in [0.1, 0.15) is 0 Å². The van der Waals surface area contributed by atoms with E-state index in [1.165, 1.54) is 32.0 Å². The molecular weight excluding hydrogens is 343 g/mol. The summed E-state index contributed by atoms with van der Waals surface area (Å²) >= 11 is 0.152. The average molecular weight is 357 g/mol. The Balaban J connectivity index is 1.93. The monoisotopic (exact) mass is 358 g/mol. The number of hydrogen-bond acceptors (Lipinski definition) is 2. The topological polar surface area (TPSA) is 17.1 Å². The Morgan fingerprint density at radius 1 is 0.714 bits per heavy atom. The summed E-state index contributed by atoms with van der Waals surface area (Å²) in [5.74, 6) is 0. The molecule has 3 heteroatoms. The van der Waals surface area contributed by atoms with Gasteiger partial charge in [-0.1, -0.05) is 0 Å². The Morgan fingerprint density at radius 2 is 1.14 bits per heavy atom. The summed E-state index contributed by atoms with van der Waals surface area (Å²) < 4.78 is 12.1. The third-order valence-corrected chi connectivity index (χ3v) is 7.73. The Morgan fingerprint density at radius 3 is 1.57 bits per heavy atom. The van der Waals surface area contributed by atoms with E-state index in [2.05, 4.69) is 48.5 Å². The molecule has 0 aliphatic carbocycles. The van der Waals surface area contributed by atoms with Crippen molar-refractivity contribution in [3.05, 3.63) is 71.8 Å². The van der Waals surface area contributed by atoms with Gasteiger partial charge in [-0.3, -0.25) is 0 Å². The van der Waals surface area contributed by atoms with Gasteiger partial charge in [0.2, 0.25) is 0 Å². The first kappa shape index (κ1) is 13.1. The van der Waals surface area contributed by atoms with E-state index in [0.717, 1.165) is 10.6 Å². The summed E-state index contributed by atoms with van der Waals surface area (Å²) in [6, 6.07) is 21.0. The fourth-order valence-electron chi connectivity index (χ4n) is 2.82. The van der Waals surface area contributed by atoms with Crippen LogP contribution < -0.4 is 0 Å². The molecule has 0 bridgehead atoms. The Kier molecular flexibility index (Phi) is 3.34. The molecule has 1 aliphatic rings. The van der Waals surface area contributed by atoms with E-state index in [1.54, 1.807) is 0 Å². The first-order chi connectivity index (χ1) is 10.3. The summed E-state index contributed by atoms with van der Waals surface area (Å²) in [5, 5.41) is 1.59. The van der Waals surface area contributed by atoms with Crippen molar-refractivity contribution in [3.8, 4) is 20.9 Å². The molecule has 2 heterocycles. The zero-order valence-electron chi connectivity index (χ0n) is 11.4. The zero-order valence-corrected chi connectivity index (χ0v) is 13.9. The summed E-state index contributed by atoms with van der Waals surface area (Å²) in [4.78, 5) is 2.62. The average Bonchev–Trinajstić information content (AvgIpc) is 3.06. The van der Waals surface area contributed by atoms with Gasteiger partial charge in [0.05, 0.1) is 0 Å². The van der Waals surface area contributed by atoms with Crippen molar-refractivity contribution in [2.24, 2.45) is 0 Å². The molecule has 0 fully saturated rings. The molecule has 2 aromatic carbocycles. The zero-order chi connectivity index (χ0) is 14.2. The molecule has 1 nitrogen and oxygen atoms in total. The van der Waals surface area contributed by atoms with Gasteiger partial charge in [-0.2, -0.15) is 0 Å². The maximum absolute atomic E-state index is 12.1. The van der Waals surface area contributed by atoms with Crippen molar-refractivity contribution in [3.63, 3.8) is 0 Å². The quantitative estimate of drug-likeness (QED) is 0.609.